The number of aryl methyl sites for hydroxylation is 3. The van der Waals surface area contributed by atoms with Crippen LogP contribution in [0.2, 0.25) is 5.02 Å². The Kier molecular flexibility index (Phi) is 11.7. The van der Waals surface area contributed by atoms with Gasteiger partial charge in [-0.2, -0.15) is 0 Å². The van der Waals surface area contributed by atoms with Gasteiger partial charge in [-0.3, -0.25) is 13.9 Å². The SMILES string of the molecule is Cc1ccc(CN(C(=O)CN(c2ccc(C)c(C)c2)S(=O)(=O)c2ccc(Cl)cc2)[C@@H](Cc2ccccc2)C(=O)NCC(C)C)cc1. The molecule has 0 fully saturated rings. The third-order valence-electron chi connectivity index (χ3n) is 7.89. The molecular formula is C37H42ClN3O4S. The molecule has 4 aromatic rings. The summed E-state index contributed by atoms with van der Waals surface area (Å²) < 4.78 is 29.5. The maximum absolute atomic E-state index is 14.6. The van der Waals surface area contributed by atoms with E-state index in [0.29, 0.717) is 17.3 Å². The minimum absolute atomic E-state index is 0.00326. The van der Waals surface area contributed by atoms with E-state index in [1.807, 2.05) is 95.3 Å². The van der Waals surface area contributed by atoms with E-state index in [0.717, 1.165) is 32.1 Å². The molecule has 1 N–H and O–H groups in total. The van der Waals surface area contributed by atoms with Gasteiger partial charge >= 0.3 is 0 Å². The highest BCUT2D eigenvalue weighted by atomic mass is 35.5. The molecule has 0 saturated carbocycles. The second kappa shape index (κ2) is 15.4. The van der Waals surface area contributed by atoms with Crippen LogP contribution in [0.25, 0.3) is 0 Å². The quantitative estimate of drug-likeness (QED) is 0.170. The number of halogens is 1. The number of amides is 2. The van der Waals surface area contributed by atoms with Crippen molar-refractivity contribution >= 4 is 39.1 Å². The van der Waals surface area contributed by atoms with Crippen LogP contribution >= 0.6 is 11.6 Å². The molecule has 0 saturated heterocycles. The van der Waals surface area contributed by atoms with Crippen molar-refractivity contribution in [2.24, 2.45) is 5.92 Å². The summed E-state index contributed by atoms with van der Waals surface area (Å²) >= 11 is 6.08. The van der Waals surface area contributed by atoms with Crippen LogP contribution in [0, 0.1) is 26.7 Å². The van der Waals surface area contributed by atoms with Gasteiger partial charge in [-0.05, 0) is 85.3 Å². The summed E-state index contributed by atoms with van der Waals surface area (Å²) in [7, 11) is -4.21. The van der Waals surface area contributed by atoms with Crippen molar-refractivity contribution in [2.45, 2.75) is 58.5 Å². The van der Waals surface area contributed by atoms with Crippen LogP contribution in [0.4, 0.5) is 5.69 Å². The van der Waals surface area contributed by atoms with Gasteiger partial charge in [-0.25, -0.2) is 8.42 Å². The first kappa shape index (κ1) is 34.7. The van der Waals surface area contributed by atoms with Crippen molar-refractivity contribution in [1.29, 1.82) is 0 Å². The lowest BCUT2D eigenvalue weighted by Gasteiger charge is -2.34. The van der Waals surface area contributed by atoms with Gasteiger partial charge < -0.3 is 10.2 Å². The average Bonchev–Trinajstić information content (AvgIpc) is 3.03. The van der Waals surface area contributed by atoms with Gasteiger partial charge in [0.2, 0.25) is 11.8 Å². The normalized spacial score (nSPS) is 12.1. The van der Waals surface area contributed by atoms with Crippen molar-refractivity contribution in [3.63, 3.8) is 0 Å². The van der Waals surface area contributed by atoms with Crippen molar-refractivity contribution < 1.29 is 18.0 Å². The predicted octanol–water partition coefficient (Wildman–Crippen LogP) is 6.87. The number of rotatable bonds is 13. The zero-order chi connectivity index (χ0) is 33.4. The molecule has 46 heavy (non-hydrogen) atoms. The summed E-state index contributed by atoms with van der Waals surface area (Å²) in [6.45, 7) is 9.87. The number of anilines is 1. The Morgan fingerprint density at radius 3 is 2.07 bits per heavy atom. The lowest BCUT2D eigenvalue weighted by Crippen LogP contribution is -2.53. The summed E-state index contributed by atoms with van der Waals surface area (Å²) in [6, 6.07) is 27.6. The fraction of sp³-hybridized carbons (Fsp3) is 0.297. The van der Waals surface area contributed by atoms with Gasteiger partial charge in [0.05, 0.1) is 10.6 Å². The topological polar surface area (TPSA) is 86.8 Å². The van der Waals surface area contributed by atoms with E-state index < -0.39 is 28.5 Å². The molecule has 0 aromatic heterocycles. The van der Waals surface area contributed by atoms with Gasteiger partial charge in [0.15, 0.2) is 0 Å². The molecule has 4 rings (SSSR count). The number of sulfonamides is 1. The first-order chi connectivity index (χ1) is 21.8. The van der Waals surface area contributed by atoms with Gasteiger partial charge in [0, 0.05) is 24.5 Å². The molecule has 9 heteroatoms. The maximum atomic E-state index is 14.6. The molecule has 0 spiro atoms. The summed E-state index contributed by atoms with van der Waals surface area (Å²) in [6.07, 6.45) is 0.260. The Labute approximate surface area is 278 Å². The Bertz CT molecular complexity index is 1740. The summed E-state index contributed by atoms with van der Waals surface area (Å²) in [5, 5.41) is 3.41. The first-order valence-corrected chi connectivity index (χ1v) is 17.2. The first-order valence-electron chi connectivity index (χ1n) is 15.4. The molecule has 242 valence electrons. The number of nitrogens with one attached hydrogen (secondary N) is 1. The van der Waals surface area contributed by atoms with Crippen molar-refractivity contribution in [1.82, 2.24) is 10.2 Å². The Morgan fingerprint density at radius 2 is 1.46 bits per heavy atom. The number of benzene rings is 4. The highest BCUT2D eigenvalue weighted by molar-refractivity contribution is 7.92. The number of carbonyl (C=O) groups excluding carboxylic acids is 2. The van der Waals surface area contributed by atoms with Crippen LogP contribution in [0.5, 0.6) is 0 Å². The van der Waals surface area contributed by atoms with Crippen molar-refractivity contribution in [3.05, 3.63) is 130 Å². The second-order valence-corrected chi connectivity index (χ2v) is 14.4. The van der Waals surface area contributed by atoms with Crippen LogP contribution < -0.4 is 9.62 Å². The largest absolute Gasteiger partial charge is 0.354 e. The Balaban J connectivity index is 1.81. The monoisotopic (exact) mass is 659 g/mol. The predicted molar refractivity (Wildman–Crippen MR) is 185 cm³/mol. The maximum Gasteiger partial charge on any atom is 0.264 e. The minimum atomic E-state index is -4.21. The molecule has 0 unspecified atom stereocenters. The fourth-order valence-corrected chi connectivity index (χ4v) is 6.54. The molecule has 7 nitrogen and oxygen atoms in total. The molecule has 0 heterocycles. The van der Waals surface area contributed by atoms with Crippen molar-refractivity contribution in [3.8, 4) is 0 Å². The zero-order valence-electron chi connectivity index (χ0n) is 27.0. The molecule has 1 atom stereocenters. The van der Waals surface area contributed by atoms with Gasteiger partial charge in [0.1, 0.15) is 12.6 Å². The highest BCUT2D eigenvalue weighted by Gasteiger charge is 2.34. The molecule has 2 amide bonds. The molecule has 0 aliphatic carbocycles. The Hall–Kier alpha value is -4.14. The standard InChI is InChI=1S/C37H42ClN3O4S/c1-26(2)23-39-37(43)35(22-30-9-7-6-8-10-30)40(24-31-14-11-27(3)12-15-31)36(42)25-41(33-18-13-28(4)29(5)21-33)46(44,45)34-19-16-32(38)17-20-34/h6-21,26,35H,22-25H2,1-5H3,(H,39,43)/t35-/m0/s1. The zero-order valence-corrected chi connectivity index (χ0v) is 28.6. The number of hydrogen-bond donors (Lipinski definition) is 1. The van der Waals surface area contributed by atoms with Gasteiger partial charge in [-0.15, -0.1) is 0 Å². The van der Waals surface area contributed by atoms with Crippen LogP contribution in [0.3, 0.4) is 0 Å². The van der Waals surface area contributed by atoms with E-state index in [2.05, 4.69) is 5.32 Å². The van der Waals surface area contributed by atoms with E-state index in [1.54, 1.807) is 12.1 Å². The van der Waals surface area contributed by atoms with Crippen LogP contribution in [-0.4, -0.2) is 44.3 Å². The molecular weight excluding hydrogens is 618 g/mol. The van der Waals surface area contributed by atoms with E-state index in [-0.39, 0.29) is 29.7 Å². The highest BCUT2D eigenvalue weighted by Crippen LogP contribution is 2.27. The third-order valence-corrected chi connectivity index (χ3v) is 9.93. The lowest BCUT2D eigenvalue weighted by atomic mass is 10.0. The summed E-state index contributed by atoms with van der Waals surface area (Å²) in [4.78, 5) is 30.0. The molecule has 0 aliphatic rings. The number of hydrogen-bond acceptors (Lipinski definition) is 4. The fourth-order valence-electron chi connectivity index (χ4n) is 5.01. The minimum Gasteiger partial charge on any atom is -0.354 e. The van der Waals surface area contributed by atoms with E-state index in [4.69, 9.17) is 11.6 Å². The van der Waals surface area contributed by atoms with Crippen LogP contribution in [0.15, 0.2) is 102 Å². The van der Waals surface area contributed by atoms with Gasteiger partial charge in [-0.1, -0.05) is 91.7 Å². The second-order valence-electron chi connectivity index (χ2n) is 12.1. The van der Waals surface area contributed by atoms with Gasteiger partial charge in [0.25, 0.3) is 10.0 Å². The smallest absolute Gasteiger partial charge is 0.264 e. The van der Waals surface area contributed by atoms with Crippen molar-refractivity contribution in [2.75, 3.05) is 17.4 Å². The van der Waals surface area contributed by atoms with Crippen LogP contribution in [0.1, 0.15) is 41.7 Å². The van der Waals surface area contributed by atoms with E-state index >= 15 is 0 Å². The third kappa shape index (κ3) is 8.98. The van der Waals surface area contributed by atoms with E-state index in [9.17, 15) is 18.0 Å². The lowest BCUT2D eigenvalue weighted by molar-refractivity contribution is -0.140. The number of carbonyl (C=O) groups is 2. The molecule has 0 radical (unpaired) electrons. The molecule has 4 aromatic carbocycles. The van der Waals surface area contributed by atoms with E-state index in [1.165, 1.54) is 29.2 Å². The number of nitrogens with zero attached hydrogens (tertiary/aromatic N) is 2. The molecule has 0 bridgehead atoms. The average molecular weight is 660 g/mol. The summed E-state index contributed by atoms with van der Waals surface area (Å²) in [5.41, 5.74) is 5.00. The molecule has 0 aliphatic heterocycles. The summed E-state index contributed by atoms with van der Waals surface area (Å²) in [5.74, 6) is -0.597. The Morgan fingerprint density at radius 1 is 0.804 bits per heavy atom. The van der Waals surface area contributed by atoms with Crippen LogP contribution in [-0.2, 0) is 32.6 Å².